The number of alkyl halides is 5. The van der Waals surface area contributed by atoms with Gasteiger partial charge in [0.25, 0.3) is 5.92 Å². The maximum atomic E-state index is 15.6. The van der Waals surface area contributed by atoms with Crippen molar-refractivity contribution in [3.63, 3.8) is 0 Å². The number of amides is 1. The summed E-state index contributed by atoms with van der Waals surface area (Å²) in [5.41, 5.74) is -0.383. The van der Waals surface area contributed by atoms with E-state index in [0.29, 0.717) is 5.56 Å². The normalized spacial score (nSPS) is 18.6. The fourth-order valence-electron chi connectivity index (χ4n) is 5.92. The Balaban J connectivity index is 1.43. The van der Waals surface area contributed by atoms with Crippen molar-refractivity contribution in [2.24, 2.45) is 0 Å². The predicted molar refractivity (Wildman–Crippen MR) is 167 cm³/mol. The number of carbonyl (C=O) groups is 2. The van der Waals surface area contributed by atoms with Crippen molar-refractivity contribution in [1.82, 2.24) is 19.9 Å². The molecule has 262 valence electrons. The molecule has 2 fully saturated rings. The number of cyclic esters (lactones) is 1. The second kappa shape index (κ2) is 12.6. The Labute approximate surface area is 285 Å². The van der Waals surface area contributed by atoms with E-state index in [0.717, 1.165) is 30.5 Å². The standard InChI is InChI=1S/C33H26ClF6N5O5/c1-15-4-18(6-20(5-15)33(38,39)40)27-16(2)45(31(48)50-27)12-25-22(11-42-30(43-25)44-13-32(36,37)14-44)21-7-17(9-24(35)28(21)49-3)26-23(34)8-19(10-41-26)29(46)47/h4-11,16,27H,12-14H2,1-3H3,(H,46,47)/t16-,27-/m0/s1. The summed E-state index contributed by atoms with van der Waals surface area (Å²) in [6, 6.07) is 6.15. The summed E-state index contributed by atoms with van der Waals surface area (Å²) in [7, 11) is 1.20. The highest BCUT2D eigenvalue weighted by Gasteiger charge is 2.46. The molecule has 2 saturated heterocycles. The highest BCUT2D eigenvalue weighted by atomic mass is 35.5. The minimum absolute atomic E-state index is 0.0253. The third-order valence-electron chi connectivity index (χ3n) is 8.35. The van der Waals surface area contributed by atoms with Crippen molar-refractivity contribution in [2.75, 3.05) is 25.1 Å². The predicted octanol–water partition coefficient (Wildman–Crippen LogP) is 7.57. The van der Waals surface area contributed by atoms with Crippen LogP contribution in [0.5, 0.6) is 5.75 Å². The lowest BCUT2D eigenvalue weighted by atomic mass is 9.97. The van der Waals surface area contributed by atoms with E-state index < -0.39 is 60.8 Å². The number of ether oxygens (including phenoxy) is 2. The van der Waals surface area contributed by atoms with Gasteiger partial charge >= 0.3 is 18.2 Å². The number of halogens is 7. The molecule has 0 bridgehead atoms. The first-order chi connectivity index (χ1) is 23.5. The van der Waals surface area contributed by atoms with Gasteiger partial charge in [-0.25, -0.2) is 32.7 Å². The van der Waals surface area contributed by atoms with E-state index in [1.807, 2.05) is 0 Å². The summed E-state index contributed by atoms with van der Waals surface area (Å²) in [5, 5.41) is 9.19. The molecule has 0 spiro atoms. The third-order valence-corrected chi connectivity index (χ3v) is 8.64. The number of carbonyl (C=O) groups excluding carboxylic acids is 1. The van der Waals surface area contributed by atoms with Crippen molar-refractivity contribution in [1.29, 1.82) is 0 Å². The average Bonchev–Trinajstić information content (AvgIpc) is 3.31. The van der Waals surface area contributed by atoms with Crippen molar-refractivity contribution in [2.45, 2.75) is 44.6 Å². The molecule has 50 heavy (non-hydrogen) atoms. The molecule has 0 unspecified atom stereocenters. The number of nitrogens with zero attached hydrogens (tertiary/aromatic N) is 5. The molecular weight excluding hydrogens is 696 g/mol. The zero-order chi connectivity index (χ0) is 36.3. The maximum absolute atomic E-state index is 15.6. The van der Waals surface area contributed by atoms with Gasteiger partial charge in [0, 0.05) is 29.1 Å². The third kappa shape index (κ3) is 6.58. The minimum Gasteiger partial charge on any atom is -0.493 e. The van der Waals surface area contributed by atoms with E-state index in [1.165, 1.54) is 42.2 Å². The molecule has 4 heterocycles. The summed E-state index contributed by atoms with van der Waals surface area (Å²) in [6.45, 7) is 1.35. The van der Waals surface area contributed by atoms with Crippen LogP contribution in [0.3, 0.4) is 0 Å². The molecule has 2 aromatic carbocycles. The number of hydrogen-bond donors (Lipinski definition) is 1. The van der Waals surface area contributed by atoms with Crippen LogP contribution in [0, 0.1) is 12.7 Å². The van der Waals surface area contributed by atoms with Crippen LogP contribution in [0.4, 0.5) is 37.1 Å². The van der Waals surface area contributed by atoms with Crippen LogP contribution < -0.4 is 9.64 Å². The van der Waals surface area contributed by atoms with Crippen LogP contribution >= 0.6 is 11.6 Å². The first-order valence-electron chi connectivity index (χ1n) is 14.9. The smallest absolute Gasteiger partial charge is 0.416 e. The molecule has 0 saturated carbocycles. The van der Waals surface area contributed by atoms with Gasteiger partial charge in [-0.2, -0.15) is 13.2 Å². The van der Waals surface area contributed by atoms with Gasteiger partial charge in [0.05, 0.1) is 60.3 Å². The van der Waals surface area contributed by atoms with Gasteiger partial charge in [-0.1, -0.05) is 23.2 Å². The Morgan fingerprint density at radius 1 is 1.10 bits per heavy atom. The van der Waals surface area contributed by atoms with Gasteiger partial charge in [-0.15, -0.1) is 0 Å². The fourth-order valence-corrected chi connectivity index (χ4v) is 6.20. The van der Waals surface area contributed by atoms with Gasteiger partial charge in [0.1, 0.15) is 6.10 Å². The van der Waals surface area contributed by atoms with E-state index in [-0.39, 0.29) is 62.5 Å². The molecule has 10 nitrogen and oxygen atoms in total. The number of carboxylic acids is 1. The number of hydrogen-bond acceptors (Lipinski definition) is 8. The van der Waals surface area contributed by atoms with Gasteiger partial charge in [-0.05, 0) is 49.7 Å². The number of methoxy groups -OCH3 is 1. The van der Waals surface area contributed by atoms with E-state index in [1.54, 1.807) is 6.92 Å². The number of aromatic nitrogens is 3. The summed E-state index contributed by atoms with van der Waals surface area (Å²) < 4.78 is 95.0. The summed E-state index contributed by atoms with van der Waals surface area (Å²) in [6.07, 6.45) is -4.36. The van der Waals surface area contributed by atoms with Crippen LogP contribution in [-0.4, -0.2) is 69.2 Å². The molecule has 0 aliphatic carbocycles. The molecule has 2 aliphatic heterocycles. The van der Waals surface area contributed by atoms with Crippen molar-refractivity contribution in [3.8, 4) is 28.1 Å². The van der Waals surface area contributed by atoms with E-state index in [2.05, 4.69) is 15.0 Å². The summed E-state index contributed by atoms with van der Waals surface area (Å²) in [4.78, 5) is 39.9. The highest BCUT2D eigenvalue weighted by molar-refractivity contribution is 6.33. The van der Waals surface area contributed by atoms with Gasteiger partial charge in [-0.3, -0.25) is 9.88 Å². The molecule has 17 heteroatoms. The number of rotatable bonds is 8. The topological polar surface area (TPSA) is 118 Å². The van der Waals surface area contributed by atoms with Crippen molar-refractivity contribution < 1.29 is 50.5 Å². The monoisotopic (exact) mass is 721 g/mol. The highest BCUT2D eigenvalue weighted by Crippen LogP contribution is 2.42. The Hall–Kier alpha value is -5.12. The number of benzene rings is 2. The van der Waals surface area contributed by atoms with Crippen LogP contribution in [0.1, 0.15) is 45.8 Å². The van der Waals surface area contributed by atoms with Crippen LogP contribution in [0.15, 0.2) is 48.8 Å². The van der Waals surface area contributed by atoms with E-state index in [9.17, 15) is 36.6 Å². The Morgan fingerprint density at radius 2 is 1.82 bits per heavy atom. The van der Waals surface area contributed by atoms with Crippen molar-refractivity contribution >= 4 is 29.6 Å². The quantitative estimate of drug-likeness (QED) is 0.184. The SMILES string of the molecule is COc1c(F)cc(-c2ncc(C(=O)O)cc2Cl)cc1-c1cnc(N2CC(F)(F)C2)nc1CN1C(=O)O[C@H](c2cc(C)cc(C(F)(F)F)c2)[C@@H]1C. The molecule has 2 aliphatic rings. The number of aryl methyl sites for hydroxylation is 1. The minimum atomic E-state index is -4.65. The molecular formula is C33H26ClF6N5O5. The molecule has 6 rings (SSSR count). The first kappa shape index (κ1) is 34.7. The van der Waals surface area contributed by atoms with E-state index in [4.69, 9.17) is 21.1 Å². The lowest BCUT2D eigenvalue weighted by Gasteiger charge is -2.38. The second-order valence-electron chi connectivity index (χ2n) is 11.9. The lowest BCUT2D eigenvalue weighted by molar-refractivity contribution is -0.137. The number of carboxylic acid groups (broad SMARTS) is 1. The van der Waals surface area contributed by atoms with Gasteiger partial charge in [0.15, 0.2) is 11.6 Å². The first-order valence-corrected chi connectivity index (χ1v) is 15.3. The summed E-state index contributed by atoms with van der Waals surface area (Å²) in [5.74, 6) is -5.53. The number of anilines is 1. The number of pyridine rings is 1. The molecule has 4 aromatic rings. The molecule has 0 radical (unpaired) electrons. The van der Waals surface area contributed by atoms with Gasteiger partial charge in [0.2, 0.25) is 5.95 Å². The maximum Gasteiger partial charge on any atom is 0.416 e. The van der Waals surface area contributed by atoms with Crippen molar-refractivity contribution in [3.05, 3.63) is 87.6 Å². The van der Waals surface area contributed by atoms with E-state index >= 15 is 4.39 Å². The lowest BCUT2D eigenvalue weighted by Crippen LogP contribution is -2.57. The van der Waals surface area contributed by atoms with Crippen LogP contribution in [0.25, 0.3) is 22.4 Å². The largest absolute Gasteiger partial charge is 0.493 e. The van der Waals surface area contributed by atoms with Crippen LogP contribution in [-0.2, 0) is 17.5 Å². The molecule has 1 N–H and O–H groups in total. The molecule has 1 amide bonds. The second-order valence-corrected chi connectivity index (χ2v) is 12.4. The fraction of sp³-hybridized carbons (Fsp3) is 0.303. The zero-order valence-electron chi connectivity index (χ0n) is 26.4. The van der Waals surface area contributed by atoms with Crippen LogP contribution in [0.2, 0.25) is 5.02 Å². The Kier molecular flexibility index (Phi) is 8.78. The Bertz CT molecular complexity index is 2020. The molecule has 2 atom stereocenters. The number of aromatic carboxylic acids is 1. The Morgan fingerprint density at radius 3 is 2.44 bits per heavy atom. The summed E-state index contributed by atoms with van der Waals surface area (Å²) >= 11 is 6.33. The average molecular weight is 722 g/mol. The zero-order valence-corrected chi connectivity index (χ0v) is 27.1. The van der Waals surface area contributed by atoms with Gasteiger partial charge < -0.3 is 19.5 Å². The molecule has 2 aromatic heterocycles.